The quantitative estimate of drug-likeness (QED) is 0.646. The molecule has 1 aromatic rings. The molecule has 1 aromatic carbocycles. The lowest BCUT2D eigenvalue weighted by Gasteiger charge is -2.16. The summed E-state index contributed by atoms with van der Waals surface area (Å²) < 4.78 is 49.5. The third-order valence-corrected chi connectivity index (χ3v) is 2.39. The van der Waals surface area contributed by atoms with Crippen LogP contribution < -0.4 is 5.32 Å². The Kier molecular flexibility index (Phi) is 4.61. The molecule has 0 aliphatic carbocycles. The second kappa shape index (κ2) is 5.60. The van der Waals surface area contributed by atoms with Crippen molar-refractivity contribution >= 4 is 18.5 Å². The van der Waals surface area contributed by atoms with Crippen LogP contribution in [0.25, 0.3) is 0 Å². The van der Waals surface area contributed by atoms with Gasteiger partial charge in [-0.15, -0.1) is 12.6 Å². The van der Waals surface area contributed by atoms with Crippen molar-refractivity contribution in [2.24, 2.45) is 0 Å². The topological polar surface area (TPSA) is 29.1 Å². The Hall–Kier alpha value is -1.24. The predicted molar refractivity (Wildman–Crippen MR) is 61.3 cm³/mol. The molecule has 0 spiro atoms. The van der Waals surface area contributed by atoms with Gasteiger partial charge in [-0.1, -0.05) is 0 Å². The number of hydrogen-bond donors (Lipinski definition) is 2. The summed E-state index contributed by atoms with van der Waals surface area (Å²) in [5.41, 5.74) is -0.323. The Morgan fingerprint density at radius 2 is 2.06 bits per heavy atom. The zero-order valence-corrected chi connectivity index (χ0v) is 10.3. The molecular formula is C11H11F4NOS. The first-order valence-corrected chi connectivity index (χ1v) is 5.50. The SMILES string of the molecule is CC(CC(F)(F)F)NC(=O)c1cc(S)ccc1F. The van der Waals surface area contributed by atoms with E-state index in [1.807, 2.05) is 0 Å². The molecule has 2 nitrogen and oxygen atoms in total. The molecule has 7 heteroatoms. The van der Waals surface area contributed by atoms with Gasteiger partial charge in [0, 0.05) is 10.9 Å². The zero-order chi connectivity index (χ0) is 13.9. The molecule has 0 saturated heterocycles. The summed E-state index contributed by atoms with van der Waals surface area (Å²) in [6.45, 7) is 1.20. The second-order valence-corrected chi connectivity index (χ2v) is 4.37. The summed E-state index contributed by atoms with van der Waals surface area (Å²) in [4.78, 5) is 11.9. The Balaban J connectivity index is 2.74. The molecule has 0 fully saturated rings. The van der Waals surface area contributed by atoms with Crippen LogP contribution in [0.5, 0.6) is 0 Å². The third-order valence-electron chi connectivity index (χ3n) is 2.11. The van der Waals surface area contributed by atoms with Gasteiger partial charge in [-0.05, 0) is 25.1 Å². The summed E-state index contributed by atoms with van der Waals surface area (Å²) in [6.07, 6.45) is -5.54. The van der Waals surface area contributed by atoms with Crippen molar-refractivity contribution in [1.82, 2.24) is 5.32 Å². The molecule has 0 radical (unpaired) electrons. The molecule has 0 aliphatic heterocycles. The zero-order valence-electron chi connectivity index (χ0n) is 9.38. The van der Waals surface area contributed by atoms with Crippen LogP contribution in [-0.4, -0.2) is 18.1 Å². The van der Waals surface area contributed by atoms with E-state index in [4.69, 9.17) is 0 Å². The van der Waals surface area contributed by atoms with E-state index in [-0.39, 0.29) is 5.56 Å². The van der Waals surface area contributed by atoms with Crippen molar-refractivity contribution < 1.29 is 22.4 Å². The average molecular weight is 281 g/mol. The van der Waals surface area contributed by atoms with Crippen molar-refractivity contribution in [3.8, 4) is 0 Å². The highest BCUT2D eigenvalue weighted by atomic mass is 32.1. The molecule has 0 aliphatic rings. The summed E-state index contributed by atoms with van der Waals surface area (Å²) in [7, 11) is 0. The standard InChI is InChI=1S/C11H11F4NOS/c1-6(5-11(13,14)15)16-10(17)8-4-7(18)2-3-9(8)12/h2-4,6,18H,5H2,1H3,(H,16,17). The highest BCUT2D eigenvalue weighted by Gasteiger charge is 2.30. The van der Waals surface area contributed by atoms with Gasteiger partial charge < -0.3 is 5.32 Å². The molecule has 0 heterocycles. The maximum absolute atomic E-state index is 13.3. The highest BCUT2D eigenvalue weighted by molar-refractivity contribution is 7.80. The molecule has 1 unspecified atom stereocenters. The van der Waals surface area contributed by atoms with Gasteiger partial charge in [0.25, 0.3) is 5.91 Å². The third kappa shape index (κ3) is 4.56. The number of nitrogens with one attached hydrogen (secondary N) is 1. The van der Waals surface area contributed by atoms with Crippen LogP contribution in [0.15, 0.2) is 23.1 Å². The molecule has 1 N–H and O–H groups in total. The van der Waals surface area contributed by atoms with Crippen LogP contribution in [0.1, 0.15) is 23.7 Å². The van der Waals surface area contributed by atoms with Crippen LogP contribution >= 0.6 is 12.6 Å². The maximum atomic E-state index is 13.3. The second-order valence-electron chi connectivity index (χ2n) is 3.86. The van der Waals surface area contributed by atoms with Crippen molar-refractivity contribution in [1.29, 1.82) is 0 Å². The number of hydrogen-bond acceptors (Lipinski definition) is 2. The monoisotopic (exact) mass is 281 g/mol. The minimum Gasteiger partial charge on any atom is -0.349 e. The van der Waals surface area contributed by atoms with Crippen LogP contribution in [0.3, 0.4) is 0 Å². The fourth-order valence-electron chi connectivity index (χ4n) is 1.39. The van der Waals surface area contributed by atoms with E-state index in [9.17, 15) is 22.4 Å². The molecule has 1 atom stereocenters. The van der Waals surface area contributed by atoms with Gasteiger partial charge in [0.15, 0.2) is 0 Å². The number of benzene rings is 1. The smallest absolute Gasteiger partial charge is 0.349 e. The van der Waals surface area contributed by atoms with Crippen molar-refractivity contribution in [3.63, 3.8) is 0 Å². The van der Waals surface area contributed by atoms with E-state index in [1.54, 1.807) is 0 Å². The van der Waals surface area contributed by atoms with Gasteiger partial charge in [-0.3, -0.25) is 4.79 Å². The first-order valence-electron chi connectivity index (χ1n) is 5.05. The van der Waals surface area contributed by atoms with Crippen molar-refractivity contribution in [2.45, 2.75) is 30.5 Å². The van der Waals surface area contributed by atoms with E-state index in [0.29, 0.717) is 4.90 Å². The van der Waals surface area contributed by atoms with Gasteiger partial charge in [-0.2, -0.15) is 13.2 Å². The van der Waals surface area contributed by atoms with Crippen molar-refractivity contribution in [3.05, 3.63) is 29.6 Å². The number of alkyl halides is 3. The largest absolute Gasteiger partial charge is 0.391 e. The molecule has 1 amide bonds. The summed E-state index contributed by atoms with van der Waals surface area (Å²) in [5, 5.41) is 2.09. The molecule has 18 heavy (non-hydrogen) atoms. The molecule has 0 bridgehead atoms. The molecule has 0 aromatic heterocycles. The Morgan fingerprint density at radius 3 is 2.61 bits per heavy atom. The Morgan fingerprint density at radius 1 is 1.44 bits per heavy atom. The van der Waals surface area contributed by atoms with Gasteiger partial charge in [-0.25, -0.2) is 4.39 Å². The summed E-state index contributed by atoms with van der Waals surface area (Å²) in [5.74, 6) is -1.69. The minimum absolute atomic E-state index is 0.323. The van der Waals surface area contributed by atoms with E-state index in [1.165, 1.54) is 13.0 Å². The van der Waals surface area contributed by atoms with Gasteiger partial charge in [0.05, 0.1) is 12.0 Å². The van der Waals surface area contributed by atoms with Gasteiger partial charge >= 0.3 is 6.18 Å². The number of rotatable bonds is 3. The molecule has 100 valence electrons. The van der Waals surface area contributed by atoms with Crippen molar-refractivity contribution in [2.75, 3.05) is 0 Å². The van der Waals surface area contributed by atoms with E-state index < -0.39 is 30.4 Å². The molecule has 0 saturated carbocycles. The molecular weight excluding hydrogens is 270 g/mol. The van der Waals surface area contributed by atoms with Crippen LogP contribution in [0, 0.1) is 5.82 Å². The Labute approximate surface area is 107 Å². The lowest BCUT2D eigenvalue weighted by Crippen LogP contribution is -2.36. The van der Waals surface area contributed by atoms with Gasteiger partial charge in [0.2, 0.25) is 0 Å². The number of carbonyl (C=O) groups excluding carboxylic acids is 1. The highest BCUT2D eigenvalue weighted by Crippen LogP contribution is 2.21. The summed E-state index contributed by atoms with van der Waals surface area (Å²) in [6, 6.07) is 2.41. The number of amides is 1. The number of halogens is 4. The maximum Gasteiger partial charge on any atom is 0.391 e. The fourth-order valence-corrected chi connectivity index (χ4v) is 1.59. The minimum atomic E-state index is -4.38. The van der Waals surface area contributed by atoms with E-state index in [2.05, 4.69) is 17.9 Å². The Bertz CT molecular complexity index is 447. The normalized spacial score (nSPS) is 13.2. The van der Waals surface area contributed by atoms with Crippen LogP contribution in [-0.2, 0) is 0 Å². The summed E-state index contributed by atoms with van der Waals surface area (Å²) >= 11 is 3.93. The van der Waals surface area contributed by atoms with E-state index in [0.717, 1.165) is 12.1 Å². The average Bonchev–Trinajstić information content (AvgIpc) is 2.18. The first-order chi connectivity index (χ1) is 8.19. The molecule has 1 rings (SSSR count). The number of carbonyl (C=O) groups is 1. The van der Waals surface area contributed by atoms with Gasteiger partial charge in [0.1, 0.15) is 5.82 Å². The lowest BCUT2D eigenvalue weighted by atomic mass is 10.1. The predicted octanol–water partition coefficient (Wildman–Crippen LogP) is 3.19. The van der Waals surface area contributed by atoms with E-state index >= 15 is 0 Å². The lowest BCUT2D eigenvalue weighted by molar-refractivity contribution is -0.138. The van der Waals surface area contributed by atoms with Crippen LogP contribution in [0.2, 0.25) is 0 Å². The fraction of sp³-hybridized carbons (Fsp3) is 0.364. The van der Waals surface area contributed by atoms with Crippen LogP contribution in [0.4, 0.5) is 17.6 Å². The first kappa shape index (κ1) is 14.8. The number of thiol groups is 1.